The summed E-state index contributed by atoms with van der Waals surface area (Å²) < 4.78 is 37.8. The summed E-state index contributed by atoms with van der Waals surface area (Å²) in [5.74, 6) is -0.105. The van der Waals surface area contributed by atoms with Crippen molar-refractivity contribution in [3.8, 4) is 0 Å². The summed E-state index contributed by atoms with van der Waals surface area (Å²) >= 11 is 0.934. The Morgan fingerprint density at radius 2 is 2.11 bits per heavy atom. The Kier molecular flexibility index (Phi) is 3.36. The molecule has 2 aromatic heterocycles. The van der Waals surface area contributed by atoms with E-state index in [4.69, 9.17) is 0 Å². The molecule has 0 atom stereocenters. The molecule has 2 heterocycles. The minimum absolute atomic E-state index is 0.105. The van der Waals surface area contributed by atoms with Gasteiger partial charge in [0.15, 0.2) is 10.9 Å². The summed E-state index contributed by atoms with van der Waals surface area (Å²) in [5.41, 5.74) is -1.01. The molecule has 2 rings (SSSR count). The molecule has 0 aromatic carbocycles. The molecule has 6 nitrogen and oxygen atoms in total. The summed E-state index contributed by atoms with van der Waals surface area (Å²) in [7, 11) is 1.44. The third-order valence-corrected chi connectivity index (χ3v) is 2.62. The summed E-state index contributed by atoms with van der Waals surface area (Å²) in [5, 5.41) is 9.07. The van der Waals surface area contributed by atoms with E-state index in [1.54, 1.807) is 0 Å². The second-order valence-corrected chi connectivity index (χ2v) is 4.06. The average molecular weight is 276 g/mol. The second kappa shape index (κ2) is 4.80. The van der Waals surface area contributed by atoms with Crippen LogP contribution >= 0.6 is 11.8 Å². The van der Waals surface area contributed by atoms with E-state index in [1.165, 1.54) is 13.4 Å². The molecule has 0 saturated carbocycles. The van der Waals surface area contributed by atoms with Crippen LogP contribution in [0.15, 0.2) is 22.6 Å². The van der Waals surface area contributed by atoms with Gasteiger partial charge in [-0.1, -0.05) is 0 Å². The first-order valence-electron chi connectivity index (χ1n) is 4.66. The fraction of sp³-hybridized carbons (Fsp3) is 0.250. The van der Waals surface area contributed by atoms with Gasteiger partial charge < -0.3 is 5.32 Å². The molecule has 0 radical (unpaired) electrons. The molecule has 96 valence electrons. The van der Waals surface area contributed by atoms with Crippen molar-refractivity contribution in [2.75, 3.05) is 12.4 Å². The molecule has 0 unspecified atom stereocenters. The van der Waals surface area contributed by atoms with Gasteiger partial charge in [0, 0.05) is 13.1 Å². The predicted molar refractivity (Wildman–Crippen MR) is 57.1 cm³/mol. The van der Waals surface area contributed by atoms with Crippen molar-refractivity contribution in [3.05, 3.63) is 18.1 Å². The van der Waals surface area contributed by atoms with Crippen molar-refractivity contribution in [2.24, 2.45) is 0 Å². The molecule has 0 aliphatic rings. The molecule has 0 saturated heterocycles. The Hall–Kier alpha value is -1.84. The number of aromatic amines is 1. The highest BCUT2D eigenvalue weighted by atomic mass is 32.2. The van der Waals surface area contributed by atoms with Crippen LogP contribution in [0, 0.1) is 0 Å². The highest BCUT2D eigenvalue weighted by Gasteiger charge is 2.33. The van der Waals surface area contributed by atoms with Gasteiger partial charge in [0.1, 0.15) is 11.4 Å². The SMILES string of the molecule is CNc1nc(Sc2ncn[nH]2)cc(C(F)(F)F)n1. The van der Waals surface area contributed by atoms with E-state index in [1.807, 2.05) is 0 Å². The van der Waals surface area contributed by atoms with Crippen LogP contribution in [0.25, 0.3) is 0 Å². The zero-order chi connectivity index (χ0) is 13.2. The van der Waals surface area contributed by atoms with E-state index >= 15 is 0 Å². The Bertz CT molecular complexity index is 526. The monoisotopic (exact) mass is 276 g/mol. The smallest absolute Gasteiger partial charge is 0.357 e. The molecule has 10 heteroatoms. The zero-order valence-corrected chi connectivity index (χ0v) is 9.80. The van der Waals surface area contributed by atoms with Crippen molar-refractivity contribution >= 4 is 17.7 Å². The van der Waals surface area contributed by atoms with Crippen LogP contribution in [0.5, 0.6) is 0 Å². The van der Waals surface area contributed by atoms with Crippen LogP contribution in [0.2, 0.25) is 0 Å². The molecule has 0 amide bonds. The maximum absolute atomic E-state index is 12.6. The van der Waals surface area contributed by atoms with Crippen molar-refractivity contribution in [3.63, 3.8) is 0 Å². The van der Waals surface area contributed by atoms with E-state index in [-0.39, 0.29) is 11.0 Å². The highest BCUT2D eigenvalue weighted by molar-refractivity contribution is 7.99. The van der Waals surface area contributed by atoms with E-state index in [2.05, 4.69) is 30.5 Å². The Balaban J connectivity index is 2.35. The van der Waals surface area contributed by atoms with Crippen molar-refractivity contribution in [1.29, 1.82) is 0 Å². The molecule has 0 fully saturated rings. The lowest BCUT2D eigenvalue weighted by Crippen LogP contribution is -2.11. The van der Waals surface area contributed by atoms with Gasteiger partial charge in [-0.3, -0.25) is 5.10 Å². The Morgan fingerprint density at radius 1 is 1.33 bits per heavy atom. The Morgan fingerprint density at radius 3 is 2.67 bits per heavy atom. The number of aromatic nitrogens is 5. The fourth-order valence-corrected chi connectivity index (χ4v) is 1.78. The van der Waals surface area contributed by atoms with Gasteiger partial charge in [0.25, 0.3) is 0 Å². The largest absolute Gasteiger partial charge is 0.433 e. The summed E-state index contributed by atoms with van der Waals surface area (Å²) in [6, 6.07) is 0.855. The van der Waals surface area contributed by atoms with Crippen molar-refractivity contribution in [1.82, 2.24) is 25.1 Å². The molecule has 18 heavy (non-hydrogen) atoms. The van der Waals surface area contributed by atoms with Crippen LogP contribution in [-0.2, 0) is 6.18 Å². The van der Waals surface area contributed by atoms with Gasteiger partial charge in [-0.2, -0.15) is 18.3 Å². The fourth-order valence-electron chi connectivity index (χ4n) is 1.08. The zero-order valence-electron chi connectivity index (χ0n) is 8.99. The quantitative estimate of drug-likeness (QED) is 0.832. The van der Waals surface area contributed by atoms with Gasteiger partial charge in [0.05, 0.1) is 0 Å². The lowest BCUT2D eigenvalue weighted by atomic mass is 10.4. The third kappa shape index (κ3) is 2.88. The second-order valence-electron chi connectivity index (χ2n) is 3.06. The number of nitrogens with zero attached hydrogens (tertiary/aromatic N) is 4. The van der Waals surface area contributed by atoms with Gasteiger partial charge in [0.2, 0.25) is 5.95 Å². The van der Waals surface area contributed by atoms with E-state index in [9.17, 15) is 13.2 Å². The first-order chi connectivity index (χ1) is 8.49. The highest BCUT2D eigenvalue weighted by Crippen LogP contribution is 2.32. The summed E-state index contributed by atoms with van der Waals surface area (Å²) in [6.07, 6.45) is -3.27. The van der Waals surface area contributed by atoms with E-state index < -0.39 is 11.9 Å². The molecule has 2 aromatic rings. The number of rotatable bonds is 3. The van der Waals surface area contributed by atoms with Gasteiger partial charge in [-0.05, 0) is 11.8 Å². The summed E-state index contributed by atoms with van der Waals surface area (Å²) in [6.45, 7) is 0. The van der Waals surface area contributed by atoms with E-state index in [0.29, 0.717) is 5.16 Å². The van der Waals surface area contributed by atoms with E-state index in [0.717, 1.165) is 17.8 Å². The van der Waals surface area contributed by atoms with Crippen LogP contribution in [0.3, 0.4) is 0 Å². The number of halogens is 3. The standard InChI is InChI=1S/C8H7F3N6S/c1-12-6-15-4(8(9,10)11)2-5(16-6)18-7-13-3-14-17-7/h2-3H,1H3,(H,12,15,16)(H,13,14,17). The third-order valence-electron chi connectivity index (χ3n) is 1.81. The molecule has 0 bridgehead atoms. The van der Waals surface area contributed by atoms with Gasteiger partial charge >= 0.3 is 6.18 Å². The van der Waals surface area contributed by atoms with Gasteiger partial charge in [-0.25, -0.2) is 15.0 Å². The number of H-pyrrole nitrogens is 1. The average Bonchev–Trinajstić information content (AvgIpc) is 2.80. The lowest BCUT2D eigenvalue weighted by Gasteiger charge is -2.08. The number of alkyl halides is 3. The molecular formula is C8H7F3N6S. The first-order valence-corrected chi connectivity index (χ1v) is 5.48. The first kappa shape index (κ1) is 12.6. The maximum atomic E-state index is 12.6. The summed E-state index contributed by atoms with van der Waals surface area (Å²) in [4.78, 5) is 11.0. The van der Waals surface area contributed by atoms with Crippen molar-refractivity contribution in [2.45, 2.75) is 16.4 Å². The predicted octanol–water partition coefficient (Wildman–Crippen LogP) is 1.81. The lowest BCUT2D eigenvalue weighted by molar-refractivity contribution is -0.141. The van der Waals surface area contributed by atoms with Crippen LogP contribution in [-0.4, -0.2) is 32.2 Å². The molecular weight excluding hydrogens is 269 g/mol. The normalized spacial score (nSPS) is 11.6. The van der Waals surface area contributed by atoms with Crippen molar-refractivity contribution < 1.29 is 13.2 Å². The van der Waals surface area contributed by atoms with Crippen LogP contribution in [0.1, 0.15) is 5.69 Å². The van der Waals surface area contributed by atoms with Gasteiger partial charge in [-0.15, -0.1) is 0 Å². The minimum Gasteiger partial charge on any atom is -0.357 e. The molecule has 0 spiro atoms. The molecule has 2 N–H and O–H groups in total. The number of hydrogen-bond acceptors (Lipinski definition) is 6. The number of nitrogens with one attached hydrogen (secondary N) is 2. The van der Waals surface area contributed by atoms with Crippen LogP contribution in [0.4, 0.5) is 19.1 Å². The minimum atomic E-state index is -4.52. The van der Waals surface area contributed by atoms with Crippen LogP contribution < -0.4 is 5.32 Å². The molecule has 0 aliphatic carbocycles. The molecule has 0 aliphatic heterocycles. The number of hydrogen-bond donors (Lipinski definition) is 2. The number of anilines is 1. The topological polar surface area (TPSA) is 79.4 Å². The Labute approximate surface area is 103 Å². The maximum Gasteiger partial charge on any atom is 0.433 e.